The van der Waals surface area contributed by atoms with E-state index >= 15 is 0 Å². The van der Waals surface area contributed by atoms with E-state index in [0.29, 0.717) is 28.1 Å². The maximum absolute atomic E-state index is 12.6. The molecule has 5 rings (SSSR count). The fourth-order valence-electron chi connectivity index (χ4n) is 3.79. The highest BCUT2D eigenvalue weighted by Crippen LogP contribution is 2.41. The molecule has 0 fully saturated rings. The molecule has 0 bridgehead atoms. The number of hydrogen-bond donors (Lipinski definition) is 3. The molecule has 3 heterocycles. The van der Waals surface area contributed by atoms with Crippen molar-refractivity contribution in [3.05, 3.63) is 50.4 Å². The lowest BCUT2D eigenvalue weighted by Gasteiger charge is -2.18. The van der Waals surface area contributed by atoms with Gasteiger partial charge in [0.25, 0.3) is 17.4 Å². The first-order valence-electron chi connectivity index (χ1n) is 9.32. The minimum Gasteiger partial charge on any atom is -0.482 e. The quantitative estimate of drug-likeness (QED) is 0.590. The number of anilines is 1. The monoisotopic (exact) mass is 421 g/mol. The number of carbonyl (C=O) groups excluding carboxylic acids is 2. The zero-order chi connectivity index (χ0) is 20.8. The van der Waals surface area contributed by atoms with Crippen molar-refractivity contribution in [3.8, 4) is 11.8 Å². The second kappa shape index (κ2) is 6.96. The van der Waals surface area contributed by atoms with Crippen LogP contribution in [0.25, 0.3) is 10.2 Å². The Kier molecular flexibility index (Phi) is 4.25. The molecule has 3 N–H and O–H groups in total. The first-order chi connectivity index (χ1) is 14.5. The van der Waals surface area contributed by atoms with E-state index < -0.39 is 11.5 Å². The molecule has 150 valence electrons. The second-order valence-corrected chi connectivity index (χ2v) is 8.19. The largest absolute Gasteiger partial charge is 0.482 e. The van der Waals surface area contributed by atoms with Crippen LogP contribution in [0.5, 0.6) is 5.75 Å². The van der Waals surface area contributed by atoms with Gasteiger partial charge in [-0.15, -0.1) is 11.3 Å². The molecule has 30 heavy (non-hydrogen) atoms. The molecular formula is C20H15N5O4S. The lowest BCUT2D eigenvalue weighted by Crippen LogP contribution is -2.28. The number of fused-ring (bicyclic) bond motifs is 4. The van der Waals surface area contributed by atoms with E-state index in [-0.39, 0.29) is 30.8 Å². The Morgan fingerprint density at radius 1 is 1.40 bits per heavy atom. The van der Waals surface area contributed by atoms with Gasteiger partial charge in [-0.05, 0) is 36.1 Å². The number of thiophene rings is 1. The minimum absolute atomic E-state index is 0.0220. The van der Waals surface area contributed by atoms with E-state index in [1.54, 1.807) is 18.2 Å². The summed E-state index contributed by atoms with van der Waals surface area (Å²) in [6.07, 6.45) is 1.45. The molecule has 2 aromatic heterocycles. The smallest absolute Gasteiger partial charge is 0.287 e. The lowest BCUT2D eigenvalue weighted by atomic mass is 10.0. The number of nitrogens with zero attached hydrogens (tertiary/aromatic N) is 2. The number of nitrogens with one attached hydrogen (secondary N) is 3. The number of benzene rings is 1. The van der Waals surface area contributed by atoms with Gasteiger partial charge in [0, 0.05) is 11.4 Å². The standard InChI is InChI=1S/C20H15N5O4S/c21-6-10-2-4-13-15(10)16-18(27)24-17(25-20(16)30-13)19(28)22-7-9-1-3-12-11(5-9)23-14(26)8-29-12/h1,3,5,10H,2,4,7-8H2,(H,22,28)(H,23,26)(H,24,25,27). The Labute approximate surface area is 173 Å². The molecule has 0 spiro atoms. The summed E-state index contributed by atoms with van der Waals surface area (Å²) in [5.74, 6) is -0.555. The molecule has 2 amide bonds. The van der Waals surface area contributed by atoms with Crippen LogP contribution >= 0.6 is 11.3 Å². The summed E-state index contributed by atoms with van der Waals surface area (Å²) in [6.45, 7) is 0.160. The van der Waals surface area contributed by atoms with Gasteiger partial charge in [0.2, 0.25) is 5.82 Å². The third kappa shape index (κ3) is 3.00. The van der Waals surface area contributed by atoms with Crippen LogP contribution in [0.4, 0.5) is 5.69 Å². The van der Waals surface area contributed by atoms with E-state index in [0.717, 1.165) is 22.4 Å². The van der Waals surface area contributed by atoms with E-state index in [4.69, 9.17) is 4.74 Å². The Hall–Kier alpha value is -3.71. The number of aryl methyl sites for hydroxylation is 1. The van der Waals surface area contributed by atoms with Crippen LogP contribution in [0, 0.1) is 11.3 Å². The Morgan fingerprint density at radius 3 is 3.10 bits per heavy atom. The Morgan fingerprint density at radius 2 is 2.27 bits per heavy atom. The summed E-state index contributed by atoms with van der Waals surface area (Å²) in [5, 5.41) is 15.2. The number of rotatable bonds is 3. The highest BCUT2D eigenvalue weighted by Gasteiger charge is 2.30. The summed E-state index contributed by atoms with van der Waals surface area (Å²) < 4.78 is 5.31. The van der Waals surface area contributed by atoms with Gasteiger partial charge < -0.3 is 20.4 Å². The summed E-state index contributed by atoms with van der Waals surface area (Å²) >= 11 is 1.37. The van der Waals surface area contributed by atoms with Crippen molar-refractivity contribution in [2.75, 3.05) is 11.9 Å². The van der Waals surface area contributed by atoms with Crippen molar-refractivity contribution in [2.24, 2.45) is 0 Å². The van der Waals surface area contributed by atoms with Crippen molar-refractivity contribution >= 4 is 39.1 Å². The summed E-state index contributed by atoms with van der Waals surface area (Å²) in [5.41, 5.74) is 1.66. The first-order valence-corrected chi connectivity index (χ1v) is 10.1. The van der Waals surface area contributed by atoms with Crippen molar-refractivity contribution in [3.63, 3.8) is 0 Å². The third-order valence-electron chi connectivity index (χ3n) is 5.19. The van der Waals surface area contributed by atoms with Crippen molar-refractivity contribution in [2.45, 2.75) is 25.3 Å². The lowest BCUT2D eigenvalue weighted by molar-refractivity contribution is -0.118. The van der Waals surface area contributed by atoms with E-state index in [1.165, 1.54) is 11.3 Å². The molecule has 10 heteroatoms. The molecule has 1 aliphatic heterocycles. The van der Waals surface area contributed by atoms with Crippen LogP contribution in [0.3, 0.4) is 0 Å². The SMILES string of the molecule is N#CC1CCc2sc3nc(C(=O)NCc4ccc5c(c4)NC(=O)CO5)[nH]c(=O)c3c21. The van der Waals surface area contributed by atoms with Gasteiger partial charge in [0.1, 0.15) is 10.6 Å². The highest BCUT2D eigenvalue weighted by atomic mass is 32.1. The summed E-state index contributed by atoms with van der Waals surface area (Å²) in [6, 6.07) is 7.46. The summed E-state index contributed by atoms with van der Waals surface area (Å²) in [4.78, 5) is 45.0. The predicted molar refractivity (Wildman–Crippen MR) is 109 cm³/mol. The second-order valence-electron chi connectivity index (χ2n) is 7.10. The molecule has 0 saturated carbocycles. The third-order valence-corrected chi connectivity index (χ3v) is 6.34. The van der Waals surface area contributed by atoms with Gasteiger partial charge >= 0.3 is 0 Å². The molecule has 1 atom stereocenters. The average molecular weight is 421 g/mol. The van der Waals surface area contributed by atoms with Gasteiger partial charge in [-0.25, -0.2) is 4.98 Å². The van der Waals surface area contributed by atoms with Crippen LogP contribution in [0.1, 0.15) is 39.0 Å². The fraction of sp³-hybridized carbons (Fsp3) is 0.250. The van der Waals surface area contributed by atoms with E-state index in [2.05, 4.69) is 26.7 Å². The number of carbonyl (C=O) groups is 2. The number of H-pyrrole nitrogens is 1. The maximum Gasteiger partial charge on any atom is 0.287 e. The molecule has 1 unspecified atom stereocenters. The number of aromatic nitrogens is 2. The number of aromatic amines is 1. The van der Waals surface area contributed by atoms with Gasteiger partial charge in [-0.2, -0.15) is 5.26 Å². The van der Waals surface area contributed by atoms with Crippen molar-refractivity contribution < 1.29 is 14.3 Å². The first kappa shape index (κ1) is 18.3. The van der Waals surface area contributed by atoms with E-state index in [1.807, 2.05) is 0 Å². The molecule has 3 aromatic rings. The van der Waals surface area contributed by atoms with Crippen molar-refractivity contribution in [1.82, 2.24) is 15.3 Å². The number of amides is 2. The highest BCUT2D eigenvalue weighted by molar-refractivity contribution is 7.18. The predicted octanol–water partition coefficient (Wildman–Crippen LogP) is 1.80. The summed E-state index contributed by atoms with van der Waals surface area (Å²) in [7, 11) is 0. The molecule has 0 radical (unpaired) electrons. The zero-order valence-electron chi connectivity index (χ0n) is 15.6. The van der Waals surface area contributed by atoms with Crippen LogP contribution < -0.4 is 20.9 Å². The van der Waals surface area contributed by atoms with E-state index in [9.17, 15) is 19.6 Å². The van der Waals surface area contributed by atoms with Crippen LogP contribution in [-0.2, 0) is 17.8 Å². The number of hydrogen-bond acceptors (Lipinski definition) is 7. The molecule has 9 nitrogen and oxygen atoms in total. The molecule has 1 aliphatic carbocycles. The zero-order valence-corrected chi connectivity index (χ0v) is 16.4. The fourth-order valence-corrected chi connectivity index (χ4v) is 5.04. The minimum atomic E-state index is -0.516. The Bertz CT molecular complexity index is 1320. The normalized spacial score (nSPS) is 16.9. The molecule has 1 aromatic carbocycles. The Balaban J connectivity index is 1.37. The number of ether oxygens (including phenoxy) is 1. The molecular weight excluding hydrogens is 406 g/mol. The topological polar surface area (TPSA) is 137 Å². The van der Waals surface area contributed by atoms with Crippen LogP contribution in [0.2, 0.25) is 0 Å². The van der Waals surface area contributed by atoms with Gasteiger partial charge in [-0.1, -0.05) is 6.07 Å². The van der Waals surface area contributed by atoms with Gasteiger partial charge in [0.15, 0.2) is 6.61 Å². The maximum atomic E-state index is 12.6. The van der Waals surface area contributed by atoms with Gasteiger partial charge in [-0.3, -0.25) is 14.4 Å². The van der Waals surface area contributed by atoms with Crippen LogP contribution in [0.15, 0.2) is 23.0 Å². The number of nitriles is 1. The van der Waals surface area contributed by atoms with Crippen molar-refractivity contribution in [1.29, 1.82) is 5.26 Å². The van der Waals surface area contributed by atoms with Gasteiger partial charge in [0.05, 0.1) is 23.1 Å². The molecule has 2 aliphatic rings. The average Bonchev–Trinajstić information content (AvgIpc) is 3.30. The molecule has 0 saturated heterocycles. The van der Waals surface area contributed by atoms with Crippen LogP contribution in [-0.4, -0.2) is 28.4 Å².